The number of ether oxygens (including phenoxy) is 1. The Morgan fingerprint density at radius 3 is 2.70 bits per heavy atom. The van der Waals surface area contributed by atoms with Gasteiger partial charge in [-0.25, -0.2) is 13.1 Å². The van der Waals surface area contributed by atoms with Gasteiger partial charge in [0.15, 0.2) is 4.90 Å². The highest BCUT2D eigenvalue weighted by Crippen LogP contribution is 2.25. The van der Waals surface area contributed by atoms with Crippen molar-refractivity contribution in [2.24, 2.45) is 0 Å². The Bertz CT molecular complexity index is 573. The van der Waals surface area contributed by atoms with Crippen molar-refractivity contribution in [2.75, 3.05) is 26.0 Å². The Hall–Kier alpha value is -1.71. The molecule has 1 aromatic rings. The second-order valence-electron chi connectivity index (χ2n) is 4.08. The van der Waals surface area contributed by atoms with Crippen molar-refractivity contribution in [3.63, 3.8) is 0 Å². The van der Waals surface area contributed by atoms with Crippen LogP contribution < -0.4 is 10.5 Å². The number of methoxy groups -OCH3 is 1. The van der Waals surface area contributed by atoms with Crippen molar-refractivity contribution in [1.82, 2.24) is 4.72 Å². The molecule has 0 aliphatic heterocycles. The molecule has 0 aromatic heterocycles. The van der Waals surface area contributed by atoms with Gasteiger partial charge in [0.25, 0.3) is 5.69 Å². The molecule has 3 N–H and O–H groups in total. The number of nitro groups is 1. The summed E-state index contributed by atoms with van der Waals surface area (Å²) in [5, 5.41) is 10.9. The van der Waals surface area contributed by atoms with Crippen molar-refractivity contribution in [3.05, 3.63) is 28.3 Å². The van der Waals surface area contributed by atoms with Crippen LogP contribution in [0.25, 0.3) is 0 Å². The van der Waals surface area contributed by atoms with Gasteiger partial charge in [0.1, 0.15) is 0 Å². The first-order valence-electron chi connectivity index (χ1n) is 5.91. The number of sulfonamides is 1. The van der Waals surface area contributed by atoms with E-state index in [1.54, 1.807) is 7.11 Å². The number of nitrogen functional groups attached to an aromatic ring is 1. The van der Waals surface area contributed by atoms with Gasteiger partial charge in [-0.15, -0.1) is 0 Å². The van der Waals surface area contributed by atoms with Crippen LogP contribution in [-0.2, 0) is 14.8 Å². The predicted octanol–water partition coefficient (Wildman–Crippen LogP) is 0.882. The van der Waals surface area contributed by atoms with Gasteiger partial charge in [0.05, 0.1) is 4.92 Å². The van der Waals surface area contributed by atoms with Gasteiger partial charge < -0.3 is 10.5 Å². The van der Waals surface area contributed by atoms with E-state index in [1.807, 2.05) is 0 Å². The van der Waals surface area contributed by atoms with Gasteiger partial charge in [-0.2, -0.15) is 0 Å². The Kier molecular flexibility index (Phi) is 5.86. The fourth-order valence-electron chi connectivity index (χ4n) is 1.56. The molecule has 0 atom stereocenters. The van der Waals surface area contributed by atoms with Crippen LogP contribution in [0.5, 0.6) is 0 Å². The van der Waals surface area contributed by atoms with Gasteiger partial charge in [-0.3, -0.25) is 10.1 Å². The van der Waals surface area contributed by atoms with Gasteiger partial charge in [0.2, 0.25) is 10.0 Å². The van der Waals surface area contributed by atoms with Crippen LogP contribution in [0, 0.1) is 10.1 Å². The van der Waals surface area contributed by atoms with Crippen LogP contribution in [0.15, 0.2) is 23.1 Å². The zero-order valence-corrected chi connectivity index (χ0v) is 11.9. The smallest absolute Gasteiger partial charge is 0.291 e. The van der Waals surface area contributed by atoms with E-state index in [-0.39, 0.29) is 17.1 Å². The van der Waals surface area contributed by atoms with E-state index < -0.39 is 20.6 Å². The van der Waals surface area contributed by atoms with E-state index in [2.05, 4.69) is 4.72 Å². The summed E-state index contributed by atoms with van der Waals surface area (Å²) >= 11 is 0. The maximum atomic E-state index is 12.0. The Balaban J connectivity index is 2.84. The zero-order valence-electron chi connectivity index (χ0n) is 11.0. The lowest BCUT2D eigenvalue weighted by atomic mass is 10.3. The van der Waals surface area contributed by atoms with Gasteiger partial charge in [-0.1, -0.05) is 0 Å². The molecule has 0 aliphatic carbocycles. The van der Waals surface area contributed by atoms with Gasteiger partial charge in [-0.05, 0) is 25.0 Å². The summed E-state index contributed by atoms with van der Waals surface area (Å²) in [6.45, 7) is 0.719. The van der Waals surface area contributed by atoms with E-state index in [0.29, 0.717) is 19.4 Å². The molecule has 0 saturated carbocycles. The number of rotatable bonds is 8. The maximum Gasteiger partial charge on any atom is 0.291 e. The summed E-state index contributed by atoms with van der Waals surface area (Å²) < 4.78 is 31.2. The fourth-order valence-corrected chi connectivity index (χ4v) is 2.78. The lowest BCUT2D eigenvalue weighted by molar-refractivity contribution is -0.387. The number of anilines is 1. The molecule has 1 rings (SSSR count). The van der Waals surface area contributed by atoms with Crippen LogP contribution in [-0.4, -0.2) is 33.6 Å². The summed E-state index contributed by atoms with van der Waals surface area (Å²) in [7, 11) is -2.37. The van der Waals surface area contributed by atoms with Crippen LogP contribution in [0.3, 0.4) is 0 Å². The van der Waals surface area contributed by atoms with Crippen molar-refractivity contribution in [2.45, 2.75) is 17.7 Å². The Morgan fingerprint density at radius 2 is 2.10 bits per heavy atom. The number of unbranched alkanes of at least 4 members (excludes halogenated alkanes) is 1. The topological polar surface area (TPSA) is 125 Å². The number of nitro benzene ring substituents is 1. The number of hydrogen-bond acceptors (Lipinski definition) is 6. The first-order valence-corrected chi connectivity index (χ1v) is 7.39. The van der Waals surface area contributed by atoms with Crippen LogP contribution >= 0.6 is 0 Å². The number of benzene rings is 1. The molecule has 20 heavy (non-hydrogen) atoms. The third kappa shape index (κ3) is 4.44. The monoisotopic (exact) mass is 303 g/mol. The van der Waals surface area contributed by atoms with E-state index in [0.717, 1.165) is 12.1 Å². The molecule has 9 heteroatoms. The van der Waals surface area contributed by atoms with E-state index in [1.165, 1.54) is 6.07 Å². The van der Waals surface area contributed by atoms with Crippen molar-refractivity contribution >= 4 is 21.4 Å². The van der Waals surface area contributed by atoms with Crippen molar-refractivity contribution in [3.8, 4) is 0 Å². The van der Waals surface area contributed by atoms with Crippen LogP contribution in [0.1, 0.15) is 12.8 Å². The molecule has 0 bridgehead atoms. The fraction of sp³-hybridized carbons (Fsp3) is 0.455. The average molecular weight is 303 g/mol. The van der Waals surface area contributed by atoms with Gasteiger partial charge >= 0.3 is 0 Å². The molecule has 0 heterocycles. The molecule has 112 valence electrons. The summed E-state index contributed by atoms with van der Waals surface area (Å²) in [5.74, 6) is 0. The van der Waals surface area contributed by atoms with E-state index >= 15 is 0 Å². The summed E-state index contributed by atoms with van der Waals surface area (Å²) in [6.07, 6.45) is 1.28. The molecule has 8 nitrogen and oxygen atoms in total. The SMILES string of the molecule is COCCCCNS(=O)(=O)c1ccc(N)cc1[N+](=O)[O-]. The average Bonchev–Trinajstić information content (AvgIpc) is 2.38. The molecular weight excluding hydrogens is 286 g/mol. The third-order valence-corrected chi connectivity index (χ3v) is 4.04. The summed E-state index contributed by atoms with van der Waals surface area (Å²) in [6, 6.07) is 3.47. The predicted molar refractivity (Wildman–Crippen MR) is 73.8 cm³/mol. The van der Waals surface area contributed by atoms with E-state index in [9.17, 15) is 18.5 Å². The molecule has 1 aromatic carbocycles. The minimum absolute atomic E-state index is 0.135. The minimum Gasteiger partial charge on any atom is -0.399 e. The third-order valence-electron chi connectivity index (χ3n) is 2.54. The number of nitrogens with two attached hydrogens (primary N) is 1. The molecule has 0 fully saturated rings. The molecule has 0 aliphatic rings. The normalized spacial score (nSPS) is 11.4. The quantitative estimate of drug-likeness (QED) is 0.318. The zero-order chi connectivity index (χ0) is 15.2. The Morgan fingerprint density at radius 1 is 1.40 bits per heavy atom. The Labute approximate surface area is 117 Å². The molecular formula is C11H17N3O5S. The summed E-state index contributed by atoms with van der Waals surface area (Å²) in [5.41, 5.74) is 5.03. The lowest BCUT2D eigenvalue weighted by Gasteiger charge is -2.07. The lowest BCUT2D eigenvalue weighted by Crippen LogP contribution is -2.25. The number of hydrogen-bond donors (Lipinski definition) is 2. The second kappa shape index (κ2) is 7.17. The second-order valence-corrected chi connectivity index (χ2v) is 5.82. The molecule has 0 unspecified atom stereocenters. The molecule has 0 spiro atoms. The van der Waals surface area contributed by atoms with Crippen LogP contribution in [0.4, 0.5) is 11.4 Å². The maximum absolute atomic E-state index is 12.0. The van der Waals surface area contributed by atoms with Crippen molar-refractivity contribution in [1.29, 1.82) is 0 Å². The highest BCUT2D eigenvalue weighted by Gasteiger charge is 2.25. The first kappa shape index (κ1) is 16.3. The number of nitrogens with zero attached hydrogens (tertiary/aromatic N) is 1. The highest BCUT2D eigenvalue weighted by atomic mass is 32.2. The molecule has 0 amide bonds. The highest BCUT2D eigenvalue weighted by molar-refractivity contribution is 7.89. The van der Waals surface area contributed by atoms with E-state index in [4.69, 9.17) is 10.5 Å². The summed E-state index contributed by atoms with van der Waals surface area (Å²) in [4.78, 5) is 9.72. The minimum atomic E-state index is -3.93. The first-order chi connectivity index (χ1) is 9.38. The molecule has 0 saturated heterocycles. The standard InChI is InChI=1S/C11H17N3O5S/c1-19-7-3-2-6-13-20(17,18)11-5-4-9(12)8-10(11)14(15)16/h4-5,8,13H,2-3,6-7,12H2,1H3. The van der Waals surface area contributed by atoms with Crippen LogP contribution in [0.2, 0.25) is 0 Å². The van der Waals surface area contributed by atoms with Crippen molar-refractivity contribution < 1.29 is 18.1 Å². The van der Waals surface area contributed by atoms with Gasteiger partial charge in [0, 0.05) is 32.0 Å². The largest absolute Gasteiger partial charge is 0.399 e. The number of nitrogens with one attached hydrogen (secondary N) is 1. The molecule has 0 radical (unpaired) electrons.